The van der Waals surface area contributed by atoms with E-state index in [1.165, 1.54) is 20.3 Å². The summed E-state index contributed by atoms with van der Waals surface area (Å²) in [6.07, 6.45) is 3.44. The molecule has 2 saturated carbocycles. The molecule has 116 valence electrons. The van der Waals surface area contributed by atoms with E-state index in [1.54, 1.807) is 0 Å². The highest BCUT2D eigenvalue weighted by Gasteiger charge is 2.49. The van der Waals surface area contributed by atoms with Gasteiger partial charge in [-0.2, -0.15) is 0 Å². The van der Waals surface area contributed by atoms with Gasteiger partial charge in [-0.25, -0.2) is 0 Å². The minimum absolute atomic E-state index is 0.0152. The summed E-state index contributed by atoms with van der Waals surface area (Å²) in [5.74, 6) is 0.748. The van der Waals surface area contributed by atoms with Crippen LogP contribution >= 0.6 is 0 Å². The van der Waals surface area contributed by atoms with Crippen molar-refractivity contribution in [2.24, 2.45) is 17.8 Å². The molecule has 2 aliphatic rings. The van der Waals surface area contributed by atoms with Gasteiger partial charge in [0.1, 0.15) is 6.10 Å². The molecule has 0 N–H and O–H groups in total. The number of fused-ring (bicyclic) bond motifs is 2. The lowest BCUT2D eigenvalue weighted by Crippen LogP contribution is -2.35. The Bertz CT molecular complexity index is 328. The first-order chi connectivity index (χ1) is 9.58. The Morgan fingerprint density at radius 1 is 1.05 bits per heavy atom. The van der Waals surface area contributed by atoms with Crippen molar-refractivity contribution in [3.8, 4) is 0 Å². The zero-order chi connectivity index (χ0) is 15.1. The maximum Gasteiger partial charge on any atom is 0.304 e. The predicted molar refractivity (Wildman–Crippen MR) is 73.8 cm³/mol. The van der Waals surface area contributed by atoms with E-state index in [0.29, 0.717) is 18.4 Å². The fourth-order valence-electron chi connectivity index (χ4n) is 3.27. The summed E-state index contributed by atoms with van der Waals surface area (Å²) in [6, 6.07) is 0. The van der Waals surface area contributed by atoms with Crippen LogP contribution < -0.4 is 0 Å². The van der Waals surface area contributed by atoms with Crippen LogP contribution in [0.5, 0.6) is 0 Å². The molecule has 0 spiro atoms. The summed E-state index contributed by atoms with van der Waals surface area (Å²) >= 11 is 0. The Hall–Kier alpha value is -1.10. The van der Waals surface area contributed by atoms with E-state index in [-0.39, 0.29) is 30.8 Å². The van der Waals surface area contributed by atoms with Crippen molar-refractivity contribution in [1.82, 2.24) is 0 Å². The van der Waals surface area contributed by atoms with Crippen molar-refractivity contribution >= 4 is 11.9 Å². The van der Waals surface area contributed by atoms with Crippen LogP contribution in [0.4, 0.5) is 0 Å². The molecule has 2 aliphatic carbocycles. The number of rotatable bonds is 5. The SMILES string of the molecule is CC.CC(=O)OCOC[C@@H]1[C@@H]2CC[C@@H](C2)[C@@H]1OC(C)=O. The quantitative estimate of drug-likeness (QED) is 0.441. The number of carbonyl (C=O) groups excluding carboxylic acids is 2. The molecular weight excluding hydrogens is 260 g/mol. The molecule has 0 aromatic heterocycles. The molecule has 0 aromatic carbocycles. The van der Waals surface area contributed by atoms with Crippen molar-refractivity contribution in [1.29, 1.82) is 0 Å². The first-order valence-electron chi connectivity index (χ1n) is 7.46. The molecule has 0 unspecified atom stereocenters. The molecule has 0 aromatic rings. The van der Waals surface area contributed by atoms with Crippen LogP contribution in [0, 0.1) is 17.8 Å². The average molecular weight is 286 g/mol. The van der Waals surface area contributed by atoms with Crippen LogP contribution in [-0.4, -0.2) is 31.4 Å². The molecule has 2 fully saturated rings. The van der Waals surface area contributed by atoms with Crippen molar-refractivity contribution < 1.29 is 23.8 Å². The maximum atomic E-state index is 11.1. The van der Waals surface area contributed by atoms with E-state index in [0.717, 1.165) is 12.8 Å². The zero-order valence-corrected chi connectivity index (χ0v) is 12.9. The lowest BCUT2D eigenvalue weighted by atomic mass is 9.87. The second-order valence-electron chi connectivity index (χ2n) is 5.20. The lowest BCUT2D eigenvalue weighted by Gasteiger charge is -2.30. The van der Waals surface area contributed by atoms with Crippen LogP contribution in [0.15, 0.2) is 0 Å². The molecule has 0 saturated heterocycles. The molecule has 5 heteroatoms. The molecule has 0 heterocycles. The average Bonchev–Trinajstić information content (AvgIpc) is 2.98. The molecule has 2 bridgehead atoms. The highest BCUT2D eigenvalue weighted by molar-refractivity contribution is 5.66. The highest BCUT2D eigenvalue weighted by atomic mass is 16.7. The van der Waals surface area contributed by atoms with Gasteiger partial charge in [-0.15, -0.1) is 0 Å². The van der Waals surface area contributed by atoms with Gasteiger partial charge in [0, 0.05) is 19.8 Å². The van der Waals surface area contributed by atoms with E-state index < -0.39 is 0 Å². The van der Waals surface area contributed by atoms with E-state index >= 15 is 0 Å². The van der Waals surface area contributed by atoms with Gasteiger partial charge in [0.25, 0.3) is 0 Å². The molecule has 2 rings (SSSR count). The number of carbonyl (C=O) groups is 2. The van der Waals surface area contributed by atoms with E-state index in [1.807, 2.05) is 13.8 Å². The molecule has 0 amide bonds. The maximum absolute atomic E-state index is 11.1. The standard InChI is InChI=1S/C13H20O5.C2H6/c1-8(14)17-7-16-6-12-10-3-4-11(5-10)13(12)18-9(2)15;1-2/h10-13H,3-7H2,1-2H3;1-2H3/t10-,11+,12-,13+;/m1./s1. The normalized spacial score (nSPS) is 30.4. The smallest absolute Gasteiger partial charge is 0.304 e. The van der Waals surface area contributed by atoms with Crippen LogP contribution in [0.3, 0.4) is 0 Å². The summed E-state index contributed by atoms with van der Waals surface area (Å²) in [6.45, 7) is 7.27. The molecular formula is C15H26O5. The van der Waals surface area contributed by atoms with Gasteiger partial charge < -0.3 is 14.2 Å². The Balaban J connectivity index is 0.000000956. The van der Waals surface area contributed by atoms with Crippen LogP contribution in [0.1, 0.15) is 47.0 Å². The van der Waals surface area contributed by atoms with Gasteiger partial charge in [0.15, 0.2) is 6.79 Å². The summed E-state index contributed by atoms with van der Waals surface area (Å²) < 4.78 is 15.5. The third-order valence-electron chi connectivity index (χ3n) is 3.96. The van der Waals surface area contributed by atoms with Gasteiger partial charge in [0.2, 0.25) is 0 Å². The van der Waals surface area contributed by atoms with E-state index in [4.69, 9.17) is 14.2 Å². The first-order valence-corrected chi connectivity index (χ1v) is 7.46. The molecule has 0 aliphatic heterocycles. The summed E-state index contributed by atoms with van der Waals surface area (Å²) in [4.78, 5) is 21.7. The van der Waals surface area contributed by atoms with Crippen molar-refractivity contribution in [3.05, 3.63) is 0 Å². The van der Waals surface area contributed by atoms with Crippen molar-refractivity contribution in [2.45, 2.75) is 53.1 Å². The van der Waals surface area contributed by atoms with Crippen LogP contribution in [0.25, 0.3) is 0 Å². The van der Waals surface area contributed by atoms with Gasteiger partial charge in [-0.05, 0) is 31.1 Å². The summed E-state index contributed by atoms with van der Waals surface area (Å²) in [5, 5.41) is 0. The van der Waals surface area contributed by atoms with E-state index in [2.05, 4.69) is 0 Å². The predicted octanol–water partition coefficient (Wildman–Crippen LogP) is 2.53. The Labute approximate surface area is 121 Å². The second kappa shape index (κ2) is 8.25. The third-order valence-corrected chi connectivity index (χ3v) is 3.96. The van der Waals surface area contributed by atoms with Gasteiger partial charge in [0.05, 0.1) is 6.61 Å². The Kier molecular flexibility index (Phi) is 6.99. The van der Waals surface area contributed by atoms with Gasteiger partial charge in [-0.1, -0.05) is 13.8 Å². The van der Waals surface area contributed by atoms with E-state index in [9.17, 15) is 9.59 Å². The van der Waals surface area contributed by atoms with Crippen LogP contribution in [0.2, 0.25) is 0 Å². The minimum atomic E-state index is -0.348. The molecule has 5 nitrogen and oxygen atoms in total. The fraction of sp³-hybridized carbons (Fsp3) is 0.867. The first kappa shape index (κ1) is 17.0. The fourth-order valence-corrected chi connectivity index (χ4v) is 3.27. The second-order valence-corrected chi connectivity index (χ2v) is 5.20. The third kappa shape index (κ3) is 4.47. The highest BCUT2D eigenvalue weighted by Crippen LogP contribution is 2.49. The minimum Gasteiger partial charge on any atom is -0.462 e. The number of ether oxygens (including phenoxy) is 3. The van der Waals surface area contributed by atoms with Crippen molar-refractivity contribution in [2.75, 3.05) is 13.4 Å². The lowest BCUT2D eigenvalue weighted by molar-refractivity contribution is -0.160. The van der Waals surface area contributed by atoms with Gasteiger partial charge >= 0.3 is 11.9 Å². The topological polar surface area (TPSA) is 61.8 Å². The van der Waals surface area contributed by atoms with Gasteiger partial charge in [-0.3, -0.25) is 9.59 Å². The summed E-state index contributed by atoms with van der Waals surface area (Å²) in [7, 11) is 0. The zero-order valence-electron chi connectivity index (χ0n) is 12.9. The van der Waals surface area contributed by atoms with Crippen LogP contribution in [-0.2, 0) is 23.8 Å². The molecule has 20 heavy (non-hydrogen) atoms. The number of hydrogen-bond acceptors (Lipinski definition) is 5. The Morgan fingerprint density at radius 3 is 2.30 bits per heavy atom. The summed E-state index contributed by atoms with van der Waals surface area (Å²) in [5.41, 5.74) is 0. The Morgan fingerprint density at radius 2 is 1.70 bits per heavy atom. The number of hydrogen-bond donors (Lipinski definition) is 0. The monoisotopic (exact) mass is 286 g/mol. The molecule has 0 radical (unpaired) electrons. The van der Waals surface area contributed by atoms with Crippen molar-refractivity contribution in [3.63, 3.8) is 0 Å². The molecule has 4 atom stereocenters. The largest absolute Gasteiger partial charge is 0.462 e. The number of esters is 2.